The second-order valence-electron chi connectivity index (χ2n) is 7.33. The molecular formula is C19H22FN5O. The molecule has 2 heterocycles. The lowest BCUT2D eigenvalue weighted by atomic mass is 9.86. The highest BCUT2D eigenvalue weighted by Gasteiger charge is 2.27. The second-order valence-corrected chi connectivity index (χ2v) is 7.33. The van der Waals surface area contributed by atoms with E-state index in [-0.39, 0.29) is 23.2 Å². The molecule has 1 aromatic carbocycles. The number of aromatic amines is 1. The van der Waals surface area contributed by atoms with Crippen molar-refractivity contribution in [1.29, 1.82) is 0 Å². The van der Waals surface area contributed by atoms with Gasteiger partial charge in [0.25, 0.3) is 5.91 Å². The summed E-state index contributed by atoms with van der Waals surface area (Å²) in [5, 5.41) is 9.98. The lowest BCUT2D eigenvalue weighted by Gasteiger charge is -2.31. The van der Waals surface area contributed by atoms with Gasteiger partial charge in [-0.25, -0.2) is 9.37 Å². The summed E-state index contributed by atoms with van der Waals surface area (Å²) in [6.45, 7) is 6.84. The Hall–Kier alpha value is -2.96. The van der Waals surface area contributed by atoms with Crippen LogP contribution in [0.2, 0.25) is 0 Å². The third-order valence-corrected chi connectivity index (χ3v) is 4.27. The Bertz CT molecular complexity index is 862. The van der Waals surface area contributed by atoms with Crippen molar-refractivity contribution in [2.45, 2.75) is 33.4 Å². The molecule has 1 atom stereocenters. The first kappa shape index (κ1) is 17.8. The number of amides is 1. The number of halogens is 1. The molecule has 0 spiro atoms. The van der Waals surface area contributed by atoms with Gasteiger partial charge in [0.05, 0.1) is 18.1 Å². The molecule has 2 aromatic heterocycles. The van der Waals surface area contributed by atoms with Gasteiger partial charge in [-0.05, 0) is 35.7 Å². The van der Waals surface area contributed by atoms with Crippen LogP contribution in [0.1, 0.15) is 31.3 Å². The Morgan fingerprint density at radius 1 is 1.31 bits per heavy atom. The van der Waals surface area contributed by atoms with E-state index in [4.69, 9.17) is 0 Å². The lowest BCUT2D eigenvalue weighted by Crippen LogP contribution is -2.46. The number of aromatic nitrogens is 4. The van der Waals surface area contributed by atoms with Crippen molar-refractivity contribution < 1.29 is 9.18 Å². The average Bonchev–Trinajstić information content (AvgIpc) is 3.25. The summed E-state index contributed by atoms with van der Waals surface area (Å²) >= 11 is 0. The first-order valence-corrected chi connectivity index (χ1v) is 8.41. The maximum Gasteiger partial charge on any atom is 0.269 e. The Labute approximate surface area is 151 Å². The first-order chi connectivity index (χ1) is 12.3. The molecule has 0 aliphatic rings. The summed E-state index contributed by atoms with van der Waals surface area (Å²) in [6.07, 6.45) is 5.31. The van der Waals surface area contributed by atoms with Crippen molar-refractivity contribution in [3.8, 4) is 11.3 Å². The number of rotatable bonds is 5. The monoisotopic (exact) mass is 355 g/mol. The number of hydrogen-bond acceptors (Lipinski definition) is 3. The fourth-order valence-electron chi connectivity index (χ4n) is 2.58. The molecule has 136 valence electrons. The van der Waals surface area contributed by atoms with E-state index in [1.165, 1.54) is 12.1 Å². The lowest BCUT2D eigenvalue weighted by molar-refractivity contribution is 0.0887. The molecule has 3 rings (SSSR count). The number of carbonyl (C=O) groups is 1. The highest BCUT2D eigenvalue weighted by Crippen LogP contribution is 2.22. The van der Waals surface area contributed by atoms with Crippen LogP contribution in [0.4, 0.5) is 4.39 Å². The Kier molecular flexibility index (Phi) is 4.88. The molecule has 1 amide bonds. The molecule has 26 heavy (non-hydrogen) atoms. The van der Waals surface area contributed by atoms with Gasteiger partial charge in [0.2, 0.25) is 0 Å². The fraction of sp³-hybridized carbons (Fsp3) is 0.316. The van der Waals surface area contributed by atoms with E-state index in [1.807, 2.05) is 10.8 Å². The van der Waals surface area contributed by atoms with E-state index >= 15 is 0 Å². The minimum atomic E-state index is -0.310. The van der Waals surface area contributed by atoms with E-state index in [2.05, 4.69) is 41.3 Å². The summed E-state index contributed by atoms with van der Waals surface area (Å²) in [7, 11) is 0. The average molecular weight is 355 g/mol. The molecule has 3 aromatic rings. The number of H-pyrrole nitrogens is 1. The van der Waals surface area contributed by atoms with Gasteiger partial charge in [-0.15, -0.1) is 0 Å². The van der Waals surface area contributed by atoms with E-state index < -0.39 is 0 Å². The minimum absolute atomic E-state index is 0.0956. The predicted molar refractivity (Wildman–Crippen MR) is 96.9 cm³/mol. The van der Waals surface area contributed by atoms with E-state index in [1.54, 1.807) is 30.7 Å². The highest BCUT2D eigenvalue weighted by atomic mass is 19.1. The Morgan fingerprint density at radius 3 is 2.65 bits per heavy atom. The largest absolute Gasteiger partial charge is 0.346 e. The van der Waals surface area contributed by atoms with Gasteiger partial charge in [0.15, 0.2) is 0 Å². The molecule has 0 aliphatic carbocycles. The number of hydrogen-bond donors (Lipinski definition) is 2. The normalized spacial score (nSPS) is 12.8. The smallest absolute Gasteiger partial charge is 0.269 e. The van der Waals surface area contributed by atoms with Crippen LogP contribution in [0.15, 0.2) is 49.1 Å². The quantitative estimate of drug-likeness (QED) is 0.738. The molecule has 0 saturated heterocycles. The van der Waals surface area contributed by atoms with Crippen LogP contribution in [0, 0.1) is 11.2 Å². The van der Waals surface area contributed by atoms with Gasteiger partial charge in [0, 0.05) is 24.5 Å². The van der Waals surface area contributed by atoms with Gasteiger partial charge in [0.1, 0.15) is 11.5 Å². The molecule has 0 unspecified atom stereocenters. The third kappa shape index (κ3) is 4.17. The predicted octanol–water partition coefficient (Wildman–Crippen LogP) is 3.26. The van der Waals surface area contributed by atoms with E-state index in [0.29, 0.717) is 17.9 Å². The molecule has 0 bridgehead atoms. The molecule has 7 heteroatoms. The summed E-state index contributed by atoms with van der Waals surface area (Å²) < 4.78 is 15.0. The van der Waals surface area contributed by atoms with Gasteiger partial charge in [-0.1, -0.05) is 20.8 Å². The molecule has 0 saturated carbocycles. The zero-order chi connectivity index (χ0) is 18.7. The van der Waals surface area contributed by atoms with Crippen LogP contribution in [0.25, 0.3) is 11.3 Å². The molecule has 6 nitrogen and oxygen atoms in total. The van der Waals surface area contributed by atoms with Crippen molar-refractivity contribution >= 4 is 5.91 Å². The molecule has 2 N–H and O–H groups in total. The Morgan fingerprint density at radius 2 is 2.04 bits per heavy atom. The number of nitrogens with zero attached hydrogens (tertiary/aromatic N) is 3. The number of carbonyl (C=O) groups excluding carboxylic acids is 1. The first-order valence-electron chi connectivity index (χ1n) is 8.41. The van der Waals surface area contributed by atoms with Crippen molar-refractivity contribution in [2.75, 3.05) is 0 Å². The zero-order valence-corrected chi connectivity index (χ0v) is 15.0. The molecule has 0 aliphatic heterocycles. The molecule has 0 radical (unpaired) electrons. The summed E-state index contributed by atoms with van der Waals surface area (Å²) in [6, 6.07) is 7.56. The Balaban J connectivity index is 1.74. The maximum absolute atomic E-state index is 13.0. The van der Waals surface area contributed by atoms with Crippen molar-refractivity contribution in [2.24, 2.45) is 5.41 Å². The van der Waals surface area contributed by atoms with Crippen LogP contribution >= 0.6 is 0 Å². The zero-order valence-electron chi connectivity index (χ0n) is 15.0. The van der Waals surface area contributed by atoms with Crippen molar-refractivity contribution in [1.82, 2.24) is 25.1 Å². The van der Waals surface area contributed by atoms with Crippen molar-refractivity contribution in [3.63, 3.8) is 0 Å². The summed E-state index contributed by atoms with van der Waals surface area (Å²) in [5.41, 5.74) is 1.56. The van der Waals surface area contributed by atoms with Crippen LogP contribution in [0.3, 0.4) is 0 Å². The van der Waals surface area contributed by atoms with E-state index in [0.717, 1.165) is 5.56 Å². The van der Waals surface area contributed by atoms with Gasteiger partial charge < -0.3 is 9.88 Å². The van der Waals surface area contributed by atoms with Gasteiger partial charge >= 0.3 is 0 Å². The van der Waals surface area contributed by atoms with Gasteiger partial charge in [-0.2, -0.15) is 5.10 Å². The maximum atomic E-state index is 13.0. The number of imidazole rings is 1. The standard InChI is InChI=1S/C19H22FN5O/c1-19(2,3)17(11-25-9-8-21-12-25)22-18(26)16-10-15(23-24-16)13-4-6-14(20)7-5-13/h4-10,12,17H,11H2,1-3H3,(H,22,26)(H,23,24)/t17-/m1/s1. The minimum Gasteiger partial charge on any atom is -0.346 e. The van der Waals surface area contributed by atoms with E-state index in [9.17, 15) is 9.18 Å². The van der Waals surface area contributed by atoms with Crippen LogP contribution < -0.4 is 5.32 Å². The SMILES string of the molecule is CC(C)(C)[C@@H](Cn1ccnc1)NC(=O)c1cc(-c2ccc(F)cc2)n[nH]1. The van der Waals surface area contributed by atoms with Crippen LogP contribution in [-0.4, -0.2) is 31.7 Å². The second kappa shape index (κ2) is 7.11. The topological polar surface area (TPSA) is 75.6 Å². The highest BCUT2D eigenvalue weighted by molar-refractivity contribution is 5.93. The molecule has 0 fully saturated rings. The number of benzene rings is 1. The van der Waals surface area contributed by atoms with Crippen molar-refractivity contribution in [3.05, 3.63) is 60.6 Å². The summed E-state index contributed by atoms with van der Waals surface area (Å²) in [4.78, 5) is 16.7. The third-order valence-electron chi connectivity index (χ3n) is 4.27. The fourth-order valence-corrected chi connectivity index (χ4v) is 2.58. The molecular weight excluding hydrogens is 333 g/mol. The summed E-state index contributed by atoms with van der Waals surface area (Å²) in [5.74, 6) is -0.541. The van der Waals surface area contributed by atoms with Crippen LogP contribution in [-0.2, 0) is 6.54 Å². The number of nitrogens with one attached hydrogen (secondary N) is 2. The van der Waals surface area contributed by atoms with Gasteiger partial charge in [-0.3, -0.25) is 9.89 Å². The van der Waals surface area contributed by atoms with Crippen LogP contribution in [0.5, 0.6) is 0 Å².